The van der Waals surface area contributed by atoms with E-state index in [1.165, 1.54) is 12.1 Å². The molecule has 28 heavy (non-hydrogen) atoms. The zero-order chi connectivity index (χ0) is 19.3. The minimum atomic E-state index is -0.480. The van der Waals surface area contributed by atoms with Crippen LogP contribution in [0.4, 0.5) is 5.69 Å². The average Bonchev–Trinajstić information content (AvgIpc) is 3.37. The second-order valence-electron chi connectivity index (χ2n) is 6.62. The predicted molar refractivity (Wildman–Crippen MR) is 105 cm³/mol. The van der Waals surface area contributed by atoms with Crippen LogP contribution in [-0.2, 0) is 0 Å². The molecule has 0 saturated heterocycles. The maximum atomic E-state index is 11.0. The molecular weight excluding hydrogens is 426 g/mol. The van der Waals surface area contributed by atoms with Gasteiger partial charge in [0, 0.05) is 34.2 Å². The fraction of sp³-hybridized carbons (Fsp3) is 0.150. The van der Waals surface area contributed by atoms with Gasteiger partial charge in [-0.3, -0.25) is 10.1 Å². The molecule has 1 aromatic heterocycles. The molecule has 0 radical (unpaired) electrons. The summed E-state index contributed by atoms with van der Waals surface area (Å²) in [5, 5.41) is 17.7. The number of ether oxygens (including phenoxy) is 1. The summed E-state index contributed by atoms with van der Waals surface area (Å²) in [6.45, 7) is 0. The molecule has 2 unspecified atom stereocenters. The molecule has 3 heterocycles. The largest absolute Gasteiger partial charge is 0.464 e. The van der Waals surface area contributed by atoms with Gasteiger partial charge in [0.05, 0.1) is 17.2 Å². The first-order chi connectivity index (χ1) is 13.6. The van der Waals surface area contributed by atoms with E-state index in [1.54, 1.807) is 18.4 Å². The van der Waals surface area contributed by atoms with Crippen molar-refractivity contribution in [3.63, 3.8) is 0 Å². The van der Waals surface area contributed by atoms with Crippen molar-refractivity contribution in [3.8, 4) is 5.75 Å². The molecule has 0 amide bonds. The molecule has 2 aromatic carbocycles. The van der Waals surface area contributed by atoms with Crippen molar-refractivity contribution in [1.82, 2.24) is 5.01 Å². The van der Waals surface area contributed by atoms with Gasteiger partial charge in [-0.05, 0) is 42.5 Å². The van der Waals surface area contributed by atoms with Crippen LogP contribution in [0, 0.1) is 10.1 Å². The van der Waals surface area contributed by atoms with Gasteiger partial charge in [0.15, 0.2) is 0 Å². The highest BCUT2D eigenvalue weighted by molar-refractivity contribution is 9.10. The highest BCUT2D eigenvalue weighted by Gasteiger charge is 2.41. The number of hydrogen-bond donors (Lipinski definition) is 0. The molecule has 0 spiro atoms. The van der Waals surface area contributed by atoms with Gasteiger partial charge in [0.1, 0.15) is 17.2 Å². The number of fused-ring (bicyclic) bond motifs is 3. The quantitative estimate of drug-likeness (QED) is 0.414. The number of benzene rings is 2. The molecule has 3 aromatic rings. The van der Waals surface area contributed by atoms with E-state index in [0.717, 1.165) is 32.8 Å². The van der Waals surface area contributed by atoms with Crippen molar-refractivity contribution < 1.29 is 14.1 Å². The van der Waals surface area contributed by atoms with E-state index in [4.69, 9.17) is 14.3 Å². The molecule has 0 aliphatic carbocycles. The van der Waals surface area contributed by atoms with Crippen molar-refractivity contribution in [2.24, 2.45) is 5.10 Å². The summed E-state index contributed by atoms with van der Waals surface area (Å²) < 4.78 is 12.8. The Hall–Kier alpha value is -3.13. The lowest BCUT2D eigenvalue weighted by molar-refractivity contribution is -0.384. The molecule has 0 N–H and O–H groups in total. The van der Waals surface area contributed by atoms with Crippen LogP contribution in [-0.4, -0.2) is 15.6 Å². The van der Waals surface area contributed by atoms with Crippen molar-refractivity contribution in [2.75, 3.05) is 0 Å². The van der Waals surface area contributed by atoms with Gasteiger partial charge >= 0.3 is 0 Å². The maximum Gasteiger partial charge on any atom is 0.269 e. The number of furan rings is 1. The lowest BCUT2D eigenvalue weighted by Crippen LogP contribution is -2.33. The number of nitrogens with zero attached hydrogens (tertiary/aromatic N) is 3. The Bertz CT molecular complexity index is 1080. The number of hydrogen-bond acceptors (Lipinski definition) is 6. The summed E-state index contributed by atoms with van der Waals surface area (Å²) in [6, 6.07) is 16.0. The predicted octanol–water partition coefficient (Wildman–Crippen LogP) is 5.19. The molecule has 0 saturated carbocycles. The normalized spacial score (nSPS) is 20.2. The van der Waals surface area contributed by atoms with Gasteiger partial charge < -0.3 is 9.15 Å². The first kappa shape index (κ1) is 17.0. The highest BCUT2D eigenvalue weighted by Crippen LogP contribution is 2.48. The van der Waals surface area contributed by atoms with E-state index >= 15 is 0 Å². The van der Waals surface area contributed by atoms with Gasteiger partial charge in [-0.25, -0.2) is 5.01 Å². The van der Waals surface area contributed by atoms with Crippen molar-refractivity contribution >= 4 is 27.3 Å². The van der Waals surface area contributed by atoms with Crippen molar-refractivity contribution in [2.45, 2.75) is 18.7 Å². The second-order valence-corrected chi connectivity index (χ2v) is 7.54. The number of halogens is 1. The average molecular weight is 440 g/mol. The number of non-ortho nitro benzene ring substituents is 1. The van der Waals surface area contributed by atoms with Crippen LogP contribution in [0.3, 0.4) is 0 Å². The molecular formula is C20H14BrN3O4. The van der Waals surface area contributed by atoms with Crippen LogP contribution in [0.1, 0.15) is 35.6 Å². The van der Waals surface area contributed by atoms with Crippen LogP contribution < -0.4 is 4.74 Å². The van der Waals surface area contributed by atoms with E-state index in [2.05, 4.69) is 15.9 Å². The Morgan fingerprint density at radius 1 is 1.18 bits per heavy atom. The van der Waals surface area contributed by atoms with E-state index in [9.17, 15) is 10.1 Å². The monoisotopic (exact) mass is 439 g/mol. The molecule has 7 nitrogen and oxygen atoms in total. The number of nitro groups is 1. The number of hydrazone groups is 1. The number of nitro benzene ring substituents is 1. The Balaban J connectivity index is 1.58. The van der Waals surface area contributed by atoms with Crippen LogP contribution >= 0.6 is 15.9 Å². The topological polar surface area (TPSA) is 81.1 Å². The summed E-state index contributed by atoms with van der Waals surface area (Å²) in [4.78, 5) is 10.6. The third-order valence-electron chi connectivity index (χ3n) is 4.95. The highest BCUT2D eigenvalue weighted by atomic mass is 79.9. The zero-order valence-corrected chi connectivity index (χ0v) is 16.1. The van der Waals surface area contributed by atoms with Gasteiger partial charge in [-0.2, -0.15) is 5.10 Å². The summed E-state index contributed by atoms with van der Waals surface area (Å²) >= 11 is 3.53. The summed E-state index contributed by atoms with van der Waals surface area (Å²) in [5.41, 5.74) is 2.73. The fourth-order valence-corrected chi connectivity index (χ4v) is 4.01. The van der Waals surface area contributed by atoms with E-state index in [-0.39, 0.29) is 11.7 Å². The van der Waals surface area contributed by atoms with E-state index < -0.39 is 11.2 Å². The molecule has 140 valence electrons. The number of rotatable bonds is 3. The molecule has 2 atom stereocenters. The Labute approximate surface area is 168 Å². The Morgan fingerprint density at radius 3 is 2.71 bits per heavy atom. The van der Waals surface area contributed by atoms with Crippen LogP contribution in [0.25, 0.3) is 0 Å². The zero-order valence-electron chi connectivity index (χ0n) is 14.5. The molecule has 0 fully saturated rings. The SMILES string of the molecule is O=[N+]([O-])c1ccc(C2Oc3ccc(Br)cc3C3CC(c4ccco4)=NN32)cc1. The van der Waals surface area contributed by atoms with Crippen molar-refractivity contribution in [1.29, 1.82) is 0 Å². The molecule has 2 aliphatic rings. The standard InChI is InChI=1S/C20H14BrN3O4/c21-13-5-8-18-15(10-13)17-11-16(19-2-1-9-27-19)22-23(17)20(28-18)12-3-6-14(7-4-12)24(25)26/h1-10,17,20H,11H2. The van der Waals surface area contributed by atoms with Crippen molar-refractivity contribution in [3.05, 3.63) is 92.3 Å². The van der Waals surface area contributed by atoms with Crippen LogP contribution in [0.15, 0.2) is 74.9 Å². The van der Waals surface area contributed by atoms with Gasteiger partial charge in [-0.15, -0.1) is 0 Å². The van der Waals surface area contributed by atoms with Crippen LogP contribution in [0.5, 0.6) is 5.75 Å². The second kappa shape index (κ2) is 6.49. The summed E-state index contributed by atoms with van der Waals surface area (Å²) in [5.74, 6) is 1.51. The Morgan fingerprint density at radius 2 is 2.00 bits per heavy atom. The first-order valence-electron chi connectivity index (χ1n) is 8.70. The molecule has 5 rings (SSSR count). The third kappa shape index (κ3) is 2.77. The van der Waals surface area contributed by atoms with Gasteiger partial charge in [-0.1, -0.05) is 15.9 Å². The molecule has 8 heteroatoms. The van der Waals surface area contributed by atoms with E-state index in [1.807, 2.05) is 35.3 Å². The lowest BCUT2D eigenvalue weighted by Gasteiger charge is -2.38. The maximum absolute atomic E-state index is 11.0. The Kier molecular flexibility index (Phi) is 3.94. The summed E-state index contributed by atoms with van der Waals surface area (Å²) in [7, 11) is 0. The molecule has 2 aliphatic heterocycles. The van der Waals surface area contributed by atoms with Crippen LogP contribution in [0.2, 0.25) is 0 Å². The fourth-order valence-electron chi connectivity index (χ4n) is 3.63. The summed E-state index contributed by atoms with van der Waals surface area (Å²) in [6.07, 6.45) is 1.83. The van der Waals surface area contributed by atoms with E-state index in [0.29, 0.717) is 6.42 Å². The van der Waals surface area contributed by atoms with Gasteiger partial charge in [0.25, 0.3) is 5.69 Å². The van der Waals surface area contributed by atoms with Gasteiger partial charge in [0.2, 0.25) is 6.23 Å². The minimum Gasteiger partial charge on any atom is -0.464 e. The third-order valence-corrected chi connectivity index (χ3v) is 5.44. The minimum absolute atomic E-state index is 0.0125. The molecule has 0 bridgehead atoms. The lowest BCUT2D eigenvalue weighted by atomic mass is 9.97. The first-order valence-corrected chi connectivity index (χ1v) is 9.49. The smallest absolute Gasteiger partial charge is 0.269 e.